The van der Waals surface area contributed by atoms with E-state index in [0.717, 1.165) is 17.1 Å². The molecule has 0 aliphatic rings. The van der Waals surface area contributed by atoms with E-state index in [-0.39, 0.29) is 6.10 Å². The van der Waals surface area contributed by atoms with Gasteiger partial charge in [0, 0.05) is 12.0 Å². The van der Waals surface area contributed by atoms with E-state index in [0.29, 0.717) is 6.61 Å². The molecule has 1 aromatic heterocycles. The number of ether oxygens (including phenoxy) is 1. The molecule has 0 spiro atoms. The van der Waals surface area contributed by atoms with Gasteiger partial charge in [0.05, 0.1) is 11.8 Å². The van der Waals surface area contributed by atoms with Gasteiger partial charge in [-0.25, -0.2) is 4.98 Å². The number of aliphatic hydroxyl groups is 1. The zero-order valence-corrected chi connectivity index (χ0v) is 9.67. The molecule has 1 N–H and O–H groups in total. The van der Waals surface area contributed by atoms with Crippen LogP contribution in [0.2, 0.25) is 0 Å². The summed E-state index contributed by atoms with van der Waals surface area (Å²) in [6.07, 6.45) is 0.511. The molecule has 0 fully saturated rings. The number of aliphatic hydroxyl groups excluding tert-OH is 1. The molecule has 80 valence electrons. The minimum absolute atomic E-state index is 0.0810. The molecule has 1 rings (SSSR count). The lowest BCUT2D eigenvalue weighted by Crippen LogP contribution is -2.03. The highest BCUT2D eigenvalue weighted by Crippen LogP contribution is 2.26. The summed E-state index contributed by atoms with van der Waals surface area (Å²) in [6.45, 7) is 6.47. The van der Waals surface area contributed by atoms with Gasteiger partial charge in [-0.15, -0.1) is 11.3 Å². The third kappa shape index (κ3) is 2.77. The summed E-state index contributed by atoms with van der Waals surface area (Å²) >= 11 is 1.55. The van der Waals surface area contributed by atoms with Gasteiger partial charge in [-0.3, -0.25) is 0 Å². The first kappa shape index (κ1) is 11.6. The molecule has 0 saturated heterocycles. The molecule has 1 heterocycles. The van der Waals surface area contributed by atoms with Crippen LogP contribution < -0.4 is 0 Å². The molecule has 0 aromatic carbocycles. The Morgan fingerprint density at radius 1 is 1.57 bits per heavy atom. The molecule has 0 bridgehead atoms. The van der Waals surface area contributed by atoms with Gasteiger partial charge in [-0.1, -0.05) is 6.92 Å². The van der Waals surface area contributed by atoms with Gasteiger partial charge in [-0.2, -0.15) is 0 Å². The van der Waals surface area contributed by atoms with Crippen molar-refractivity contribution in [1.82, 2.24) is 4.98 Å². The highest BCUT2D eigenvalue weighted by atomic mass is 32.1. The van der Waals surface area contributed by atoms with Crippen LogP contribution in [0.3, 0.4) is 0 Å². The average Bonchev–Trinajstić information content (AvgIpc) is 2.63. The summed E-state index contributed by atoms with van der Waals surface area (Å²) in [5.41, 5.74) is 0.739. The van der Waals surface area contributed by atoms with Gasteiger partial charge in [0.15, 0.2) is 0 Å². The van der Waals surface area contributed by atoms with Crippen molar-refractivity contribution in [3.8, 4) is 0 Å². The molecule has 0 radical (unpaired) electrons. The zero-order valence-electron chi connectivity index (χ0n) is 8.86. The van der Waals surface area contributed by atoms with Crippen molar-refractivity contribution in [1.29, 1.82) is 0 Å². The van der Waals surface area contributed by atoms with E-state index < -0.39 is 6.10 Å². The number of aromatic nitrogens is 1. The van der Waals surface area contributed by atoms with Crippen molar-refractivity contribution < 1.29 is 9.84 Å². The van der Waals surface area contributed by atoms with Gasteiger partial charge in [0.25, 0.3) is 0 Å². The molecular formula is C10H17NO2S. The first-order valence-corrected chi connectivity index (χ1v) is 5.82. The Hall–Kier alpha value is -0.450. The normalized spacial score (nSPS) is 15.4. The molecule has 2 unspecified atom stereocenters. The lowest BCUT2D eigenvalue weighted by Gasteiger charge is -2.11. The molecule has 0 aliphatic heterocycles. The summed E-state index contributed by atoms with van der Waals surface area (Å²) in [5, 5.41) is 12.2. The first-order chi connectivity index (χ1) is 6.69. The molecule has 2 atom stereocenters. The Labute approximate surface area is 88.8 Å². The standard InChI is InChI=1S/C10H17NO2S/c1-4-9(13-5-2)10-11-8(6-14-10)7(3)12/h6-7,9,12H,4-5H2,1-3H3. The van der Waals surface area contributed by atoms with Crippen molar-refractivity contribution in [3.05, 3.63) is 16.1 Å². The Balaban J connectivity index is 2.73. The molecule has 0 amide bonds. The average molecular weight is 215 g/mol. The summed E-state index contributed by atoms with van der Waals surface area (Å²) in [5.74, 6) is 0. The highest BCUT2D eigenvalue weighted by Gasteiger charge is 2.15. The monoisotopic (exact) mass is 215 g/mol. The van der Waals surface area contributed by atoms with Gasteiger partial charge >= 0.3 is 0 Å². The lowest BCUT2D eigenvalue weighted by molar-refractivity contribution is 0.0592. The number of rotatable bonds is 5. The summed E-state index contributed by atoms with van der Waals surface area (Å²) in [4.78, 5) is 4.34. The van der Waals surface area contributed by atoms with Crippen molar-refractivity contribution in [2.45, 2.75) is 39.4 Å². The van der Waals surface area contributed by atoms with Crippen LogP contribution in [0.25, 0.3) is 0 Å². The third-order valence-corrected chi connectivity index (χ3v) is 2.94. The van der Waals surface area contributed by atoms with Gasteiger partial charge in [0.2, 0.25) is 0 Å². The largest absolute Gasteiger partial charge is 0.387 e. The second kappa shape index (κ2) is 5.44. The molecule has 14 heavy (non-hydrogen) atoms. The van der Waals surface area contributed by atoms with Crippen LogP contribution >= 0.6 is 11.3 Å². The fraction of sp³-hybridized carbons (Fsp3) is 0.700. The molecule has 0 saturated carbocycles. The predicted octanol–water partition coefficient (Wildman–Crippen LogP) is 2.68. The number of thiazole rings is 1. The Bertz CT molecular complexity index is 273. The Morgan fingerprint density at radius 3 is 2.71 bits per heavy atom. The molecule has 4 heteroatoms. The summed E-state index contributed by atoms with van der Waals surface area (Å²) in [6, 6.07) is 0. The predicted molar refractivity (Wildman–Crippen MR) is 57.4 cm³/mol. The summed E-state index contributed by atoms with van der Waals surface area (Å²) < 4.78 is 5.54. The van der Waals surface area contributed by atoms with E-state index in [1.807, 2.05) is 12.3 Å². The van der Waals surface area contributed by atoms with Crippen LogP contribution in [0.15, 0.2) is 5.38 Å². The van der Waals surface area contributed by atoms with E-state index >= 15 is 0 Å². The Morgan fingerprint density at radius 2 is 2.29 bits per heavy atom. The summed E-state index contributed by atoms with van der Waals surface area (Å²) in [7, 11) is 0. The molecular weight excluding hydrogens is 198 g/mol. The second-order valence-electron chi connectivity index (χ2n) is 3.14. The SMILES string of the molecule is CCOC(CC)c1nc(C(C)O)cs1. The van der Waals surface area contributed by atoms with Gasteiger partial charge in [0.1, 0.15) is 11.1 Å². The second-order valence-corrected chi connectivity index (χ2v) is 4.03. The lowest BCUT2D eigenvalue weighted by atomic mass is 10.3. The molecule has 0 aliphatic carbocycles. The van der Waals surface area contributed by atoms with Crippen LogP contribution in [0.1, 0.15) is 50.1 Å². The van der Waals surface area contributed by atoms with E-state index in [1.165, 1.54) is 0 Å². The smallest absolute Gasteiger partial charge is 0.122 e. The fourth-order valence-electron chi connectivity index (χ4n) is 1.21. The van der Waals surface area contributed by atoms with Crippen LogP contribution in [0.4, 0.5) is 0 Å². The van der Waals surface area contributed by atoms with Crippen molar-refractivity contribution in [2.24, 2.45) is 0 Å². The molecule has 3 nitrogen and oxygen atoms in total. The number of nitrogens with zero attached hydrogens (tertiary/aromatic N) is 1. The van der Waals surface area contributed by atoms with Crippen molar-refractivity contribution >= 4 is 11.3 Å². The van der Waals surface area contributed by atoms with Crippen molar-refractivity contribution in [2.75, 3.05) is 6.61 Å². The zero-order chi connectivity index (χ0) is 10.6. The maximum absolute atomic E-state index is 9.32. The number of hydrogen-bond acceptors (Lipinski definition) is 4. The van der Waals surface area contributed by atoms with E-state index in [4.69, 9.17) is 4.74 Å². The topological polar surface area (TPSA) is 42.4 Å². The maximum atomic E-state index is 9.32. The quantitative estimate of drug-likeness (QED) is 0.821. The van der Waals surface area contributed by atoms with Gasteiger partial charge < -0.3 is 9.84 Å². The number of hydrogen-bond donors (Lipinski definition) is 1. The van der Waals surface area contributed by atoms with Crippen LogP contribution in [0.5, 0.6) is 0 Å². The minimum Gasteiger partial charge on any atom is -0.387 e. The van der Waals surface area contributed by atoms with Crippen LogP contribution in [0, 0.1) is 0 Å². The van der Waals surface area contributed by atoms with E-state index in [1.54, 1.807) is 18.3 Å². The third-order valence-electron chi connectivity index (χ3n) is 1.98. The Kier molecular flexibility index (Phi) is 4.51. The fourth-order valence-corrected chi connectivity index (χ4v) is 2.24. The molecule has 1 aromatic rings. The highest BCUT2D eigenvalue weighted by molar-refractivity contribution is 7.09. The maximum Gasteiger partial charge on any atom is 0.122 e. The van der Waals surface area contributed by atoms with Crippen LogP contribution in [-0.4, -0.2) is 16.7 Å². The van der Waals surface area contributed by atoms with Crippen molar-refractivity contribution in [3.63, 3.8) is 0 Å². The van der Waals surface area contributed by atoms with Crippen LogP contribution in [-0.2, 0) is 4.74 Å². The first-order valence-electron chi connectivity index (χ1n) is 4.94. The van der Waals surface area contributed by atoms with E-state index in [9.17, 15) is 5.11 Å². The van der Waals surface area contributed by atoms with Gasteiger partial charge in [-0.05, 0) is 20.3 Å². The minimum atomic E-state index is -0.487. The van der Waals surface area contributed by atoms with E-state index in [2.05, 4.69) is 11.9 Å².